The average Bonchev–Trinajstić information content (AvgIpc) is 1.88. The van der Waals surface area contributed by atoms with Crippen molar-refractivity contribution in [2.24, 2.45) is 5.92 Å². The molecule has 3 heteroatoms. The highest BCUT2D eigenvalue weighted by atomic mass is 16.1. The molecule has 64 valence electrons. The monoisotopic (exact) mass is 157 g/mol. The van der Waals surface area contributed by atoms with Crippen LogP contribution in [0.3, 0.4) is 0 Å². The molecule has 0 saturated carbocycles. The Bertz CT molecular complexity index is 143. The second-order valence-corrected chi connectivity index (χ2v) is 2.85. The maximum absolute atomic E-state index is 11.1. The van der Waals surface area contributed by atoms with Gasteiger partial charge in [-0.3, -0.25) is 4.79 Å². The second-order valence-electron chi connectivity index (χ2n) is 2.85. The fourth-order valence-electron chi connectivity index (χ4n) is 1.08. The minimum absolute atomic E-state index is 0.0175. The Morgan fingerprint density at radius 1 is 1.55 bits per heavy atom. The van der Waals surface area contributed by atoms with E-state index in [0.29, 0.717) is 6.29 Å². The Morgan fingerprint density at radius 3 is 2.36 bits per heavy atom. The summed E-state index contributed by atoms with van der Waals surface area (Å²) in [5.41, 5.74) is 0. The summed E-state index contributed by atoms with van der Waals surface area (Å²) in [4.78, 5) is 21.1. The van der Waals surface area contributed by atoms with E-state index in [9.17, 15) is 9.59 Å². The van der Waals surface area contributed by atoms with E-state index in [0.717, 1.165) is 0 Å². The number of rotatable bonds is 5. The molecule has 0 bridgehead atoms. The van der Waals surface area contributed by atoms with Crippen LogP contribution in [0.2, 0.25) is 0 Å². The Kier molecular flexibility index (Phi) is 4.70. The van der Waals surface area contributed by atoms with E-state index in [1.807, 2.05) is 13.8 Å². The van der Waals surface area contributed by atoms with Crippen LogP contribution in [0.15, 0.2) is 0 Å². The summed E-state index contributed by atoms with van der Waals surface area (Å²) < 4.78 is 0. The summed E-state index contributed by atoms with van der Waals surface area (Å²) in [6.45, 7) is 3.90. The molecule has 1 unspecified atom stereocenters. The molecule has 0 aromatic carbocycles. The molecule has 0 aliphatic heterocycles. The Labute approximate surface area is 67.2 Å². The Balaban J connectivity index is 4.02. The van der Waals surface area contributed by atoms with Crippen LogP contribution in [0.1, 0.15) is 20.3 Å². The standard InChI is InChI=1S/C8H15NO2/c1-6(2)8(9-3)7(11)4-5-10/h5-6,8-9H,4H2,1-3H3. The van der Waals surface area contributed by atoms with E-state index in [1.165, 1.54) is 0 Å². The van der Waals surface area contributed by atoms with Crippen molar-refractivity contribution in [3.8, 4) is 0 Å². The van der Waals surface area contributed by atoms with Gasteiger partial charge in [0.1, 0.15) is 6.29 Å². The molecule has 0 heterocycles. The van der Waals surface area contributed by atoms with Crippen molar-refractivity contribution in [3.05, 3.63) is 0 Å². The highest BCUT2D eigenvalue weighted by Crippen LogP contribution is 2.03. The number of carbonyl (C=O) groups excluding carboxylic acids is 2. The summed E-state index contributed by atoms with van der Waals surface area (Å²) in [6, 6.07) is -0.180. The molecule has 0 fully saturated rings. The van der Waals surface area contributed by atoms with Gasteiger partial charge in [0.25, 0.3) is 0 Å². The number of carbonyl (C=O) groups is 2. The fraction of sp³-hybridized carbons (Fsp3) is 0.750. The number of hydrogen-bond acceptors (Lipinski definition) is 3. The number of aldehydes is 1. The highest BCUT2D eigenvalue weighted by molar-refractivity contribution is 5.93. The molecular formula is C8H15NO2. The molecule has 0 radical (unpaired) electrons. The first-order valence-corrected chi connectivity index (χ1v) is 3.77. The van der Waals surface area contributed by atoms with Gasteiger partial charge in [-0.1, -0.05) is 13.8 Å². The Hall–Kier alpha value is -0.700. The predicted molar refractivity (Wildman–Crippen MR) is 43.4 cm³/mol. The zero-order valence-corrected chi connectivity index (χ0v) is 7.26. The zero-order chi connectivity index (χ0) is 8.85. The van der Waals surface area contributed by atoms with E-state index in [2.05, 4.69) is 5.32 Å². The van der Waals surface area contributed by atoms with Crippen LogP contribution in [0, 0.1) is 5.92 Å². The van der Waals surface area contributed by atoms with E-state index < -0.39 is 0 Å². The van der Waals surface area contributed by atoms with Gasteiger partial charge in [-0.2, -0.15) is 0 Å². The molecule has 3 nitrogen and oxygen atoms in total. The molecule has 0 aliphatic carbocycles. The first kappa shape index (κ1) is 10.3. The van der Waals surface area contributed by atoms with Crippen LogP contribution >= 0.6 is 0 Å². The van der Waals surface area contributed by atoms with Gasteiger partial charge in [0.2, 0.25) is 0 Å². The number of nitrogens with one attached hydrogen (secondary N) is 1. The molecule has 11 heavy (non-hydrogen) atoms. The van der Waals surface area contributed by atoms with Gasteiger partial charge in [0.05, 0.1) is 12.5 Å². The third kappa shape index (κ3) is 3.28. The van der Waals surface area contributed by atoms with Gasteiger partial charge in [0.15, 0.2) is 5.78 Å². The van der Waals surface area contributed by atoms with Gasteiger partial charge in [-0.15, -0.1) is 0 Å². The molecular weight excluding hydrogens is 142 g/mol. The number of hydrogen-bond donors (Lipinski definition) is 1. The van der Waals surface area contributed by atoms with Crippen LogP contribution in [-0.2, 0) is 9.59 Å². The lowest BCUT2D eigenvalue weighted by molar-refractivity contribution is -0.124. The van der Waals surface area contributed by atoms with Crippen LogP contribution in [0.5, 0.6) is 0 Å². The summed E-state index contributed by atoms with van der Waals surface area (Å²) in [6.07, 6.45) is 0.665. The van der Waals surface area contributed by atoms with E-state index in [-0.39, 0.29) is 24.2 Å². The molecule has 0 saturated heterocycles. The predicted octanol–water partition coefficient (Wildman–Crippen LogP) is 0.388. The third-order valence-corrected chi connectivity index (χ3v) is 1.61. The lowest BCUT2D eigenvalue weighted by Gasteiger charge is -2.16. The average molecular weight is 157 g/mol. The van der Waals surface area contributed by atoms with Crippen LogP contribution in [0.25, 0.3) is 0 Å². The van der Waals surface area contributed by atoms with E-state index in [1.54, 1.807) is 7.05 Å². The van der Waals surface area contributed by atoms with Crippen molar-refractivity contribution >= 4 is 12.1 Å². The van der Waals surface area contributed by atoms with Crippen molar-refractivity contribution in [1.82, 2.24) is 5.32 Å². The van der Waals surface area contributed by atoms with Gasteiger partial charge in [-0.05, 0) is 13.0 Å². The first-order chi connectivity index (χ1) is 5.13. The molecule has 1 atom stereocenters. The lowest BCUT2D eigenvalue weighted by atomic mass is 9.99. The van der Waals surface area contributed by atoms with Gasteiger partial charge < -0.3 is 10.1 Å². The largest absolute Gasteiger partial charge is 0.310 e. The van der Waals surface area contributed by atoms with E-state index >= 15 is 0 Å². The lowest BCUT2D eigenvalue weighted by Crippen LogP contribution is -2.38. The molecule has 1 N–H and O–H groups in total. The van der Waals surface area contributed by atoms with Gasteiger partial charge in [0, 0.05) is 0 Å². The zero-order valence-electron chi connectivity index (χ0n) is 7.26. The van der Waals surface area contributed by atoms with E-state index in [4.69, 9.17) is 0 Å². The molecule has 0 aromatic rings. The molecule has 0 amide bonds. The maximum Gasteiger partial charge on any atom is 0.157 e. The normalized spacial score (nSPS) is 13.1. The van der Waals surface area contributed by atoms with Crippen LogP contribution in [0.4, 0.5) is 0 Å². The molecule has 0 rings (SSSR count). The first-order valence-electron chi connectivity index (χ1n) is 3.77. The van der Waals surface area contributed by atoms with Crippen molar-refractivity contribution in [2.45, 2.75) is 26.3 Å². The summed E-state index contributed by atoms with van der Waals surface area (Å²) in [5.74, 6) is 0.213. The highest BCUT2D eigenvalue weighted by Gasteiger charge is 2.18. The van der Waals surface area contributed by atoms with Crippen molar-refractivity contribution in [2.75, 3.05) is 7.05 Å². The van der Waals surface area contributed by atoms with Crippen LogP contribution < -0.4 is 5.32 Å². The topological polar surface area (TPSA) is 46.2 Å². The molecule has 0 aliphatic rings. The van der Waals surface area contributed by atoms with Crippen molar-refractivity contribution in [3.63, 3.8) is 0 Å². The third-order valence-electron chi connectivity index (χ3n) is 1.61. The van der Waals surface area contributed by atoms with Gasteiger partial charge >= 0.3 is 0 Å². The number of likely N-dealkylation sites (N-methyl/N-ethyl adjacent to an activating group) is 1. The smallest absolute Gasteiger partial charge is 0.157 e. The second kappa shape index (κ2) is 5.02. The summed E-state index contributed by atoms with van der Waals surface area (Å²) in [5, 5.41) is 2.88. The SMILES string of the molecule is CNC(C(=O)CC=O)C(C)C. The fourth-order valence-corrected chi connectivity index (χ4v) is 1.08. The van der Waals surface area contributed by atoms with Crippen LogP contribution in [-0.4, -0.2) is 25.2 Å². The van der Waals surface area contributed by atoms with Gasteiger partial charge in [-0.25, -0.2) is 0 Å². The quantitative estimate of drug-likeness (QED) is 0.464. The Morgan fingerprint density at radius 2 is 2.09 bits per heavy atom. The minimum atomic E-state index is -0.180. The maximum atomic E-state index is 11.1. The summed E-state index contributed by atoms with van der Waals surface area (Å²) in [7, 11) is 1.73. The number of ketones is 1. The minimum Gasteiger partial charge on any atom is -0.310 e. The van der Waals surface area contributed by atoms with Crippen molar-refractivity contribution in [1.29, 1.82) is 0 Å². The van der Waals surface area contributed by atoms with Crippen molar-refractivity contribution < 1.29 is 9.59 Å². The summed E-state index contributed by atoms with van der Waals surface area (Å²) >= 11 is 0. The number of Topliss-reactive ketones (excluding diaryl/α,β-unsaturated/α-hetero) is 1. The molecule has 0 spiro atoms. The molecule has 0 aromatic heterocycles.